The number of nitrogens with one attached hydrogen (secondary N) is 1. The van der Waals surface area contributed by atoms with Crippen molar-refractivity contribution >= 4 is 16.9 Å². The Labute approximate surface area is 106 Å². The molecule has 0 aliphatic rings. The summed E-state index contributed by atoms with van der Waals surface area (Å²) in [6.07, 6.45) is 3.03. The first kappa shape index (κ1) is 12.5. The van der Waals surface area contributed by atoms with Crippen molar-refractivity contribution in [2.45, 2.75) is 19.8 Å². The minimum atomic E-state index is -0.152. The van der Waals surface area contributed by atoms with Crippen molar-refractivity contribution < 1.29 is 14.3 Å². The lowest BCUT2D eigenvalue weighted by Gasteiger charge is -2.02. The Balaban J connectivity index is 2.12. The lowest BCUT2D eigenvalue weighted by atomic mass is 10.1. The second-order valence-electron chi connectivity index (χ2n) is 4.03. The summed E-state index contributed by atoms with van der Waals surface area (Å²) in [6.45, 7) is 2.25. The number of hydrogen-bond donors (Lipinski definition) is 1. The van der Waals surface area contributed by atoms with Crippen LogP contribution in [0.1, 0.15) is 18.9 Å². The molecule has 0 aliphatic carbocycles. The summed E-state index contributed by atoms with van der Waals surface area (Å²) in [4.78, 5) is 14.5. The molecular weight excluding hydrogens is 230 g/mol. The van der Waals surface area contributed by atoms with Crippen molar-refractivity contribution in [3.8, 4) is 5.75 Å². The number of carbonyl (C=O) groups excluding carboxylic acids is 1. The second kappa shape index (κ2) is 5.58. The Morgan fingerprint density at radius 2 is 2.22 bits per heavy atom. The summed E-state index contributed by atoms with van der Waals surface area (Å²) < 4.78 is 10.1. The Bertz CT molecular complexity index is 545. The van der Waals surface area contributed by atoms with Gasteiger partial charge in [0.2, 0.25) is 0 Å². The standard InChI is InChI=1S/C14H17NO3/c1-3-18-14(16)7-4-10-9-15-13-8-11(17-2)5-6-12(10)13/h5-6,8-9,15H,3-4,7H2,1-2H3. The fourth-order valence-electron chi connectivity index (χ4n) is 1.97. The van der Waals surface area contributed by atoms with E-state index in [0.29, 0.717) is 19.4 Å². The van der Waals surface area contributed by atoms with Gasteiger partial charge in [-0.15, -0.1) is 0 Å². The largest absolute Gasteiger partial charge is 0.497 e. The third-order valence-electron chi connectivity index (χ3n) is 2.88. The molecule has 1 heterocycles. The number of benzene rings is 1. The van der Waals surface area contributed by atoms with Crippen LogP contribution in [0.3, 0.4) is 0 Å². The summed E-state index contributed by atoms with van der Waals surface area (Å²) in [7, 11) is 1.64. The van der Waals surface area contributed by atoms with E-state index in [-0.39, 0.29) is 5.97 Å². The summed E-state index contributed by atoms with van der Waals surface area (Å²) in [5.41, 5.74) is 2.15. The van der Waals surface area contributed by atoms with E-state index in [4.69, 9.17) is 9.47 Å². The number of H-pyrrole nitrogens is 1. The van der Waals surface area contributed by atoms with Gasteiger partial charge in [-0.25, -0.2) is 0 Å². The molecule has 4 heteroatoms. The van der Waals surface area contributed by atoms with Crippen LogP contribution < -0.4 is 4.74 Å². The molecule has 0 fully saturated rings. The monoisotopic (exact) mass is 247 g/mol. The molecule has 4 nitrogen and oxygen atoms in total. The molecule has 0 saturated heterocycles. The molecule has 2 rings (SSSR count). The zero-order valence-electron chi connectivity index (χ0n) is 10.7. The molecule has 0 unspecified atom stereocenters. The van der Waals surface area contributed by atoms with Crippen molar-refractivity contribution in [1.29, 1.82) is 0 Å². The number of aromatic amines is 1. The lowest BCUT2D eigenvalue weighted by molar-refractivity contribution is -0.143. The fraction of sp³-hybridized carbons (Fsp3) is 0.357. The molecular formula is C14H17NO3. The molecule has 0 spiro atoms. The van der Waals surface area contributed by atoms with Gasteiger partial charge in [-0.1, -0.05) is 0 Å². The molecule has 0 aliphatic heterocycles. The number of aromatic nitrogens is 1. The normalized spacial score (nSPS) is 10.6. The highest BCUT2D eigenvalue weighted by Crippen LogP contribution is 2.24. The highest BCUT2D eigenvalue weighted by Gasteiger charge is 2.08. The highest BCUT2D eigenvalue weighted by atomic mass is 16.5. The topological polar surface area (TPSA) is 51.3 Å². The van der Waals surface area contributed by atoms with Crippen molar-refractivity contribution in [3.63, 3.8) is 0 Å². The van der Waals surface area contributed by atoms with E-state index in [1.54, 1.807) is 7.11 Å². The molecule has 18 heavy (non-hydrogen) atoms. The number of fused-ring (bicyclic) bond motifs is 1. The maximum Gasteiger partial charge on any atom is 0.306 e. The molecule has 96 valence electrons. The van der Waals surface area contributed by atoms with E-state index in [1.165, 1.54) is 0 Å². The lowest BCUT2D eigenvalue weighted by Crippen LogP contribution is -2.04. The summed E-state index contributed by atoms with van der Waals surface area (Å²) >= 11 is 0. The van der Waals surface area contributed by atoms with E-state index in [1.807, 2.05) is 31.3 Å². The number of esters is 1. The van der Waals surface area contributed by atoms with E-state index < -0.39 is 0 Å². The van der Waals surface area contributed by atoms with Crippen LogP contribution in [0.5, 0.6) is 5.75 Å². The van der Waals surface area contributed by atoms with Gasteiger partial charge in [-0.05, 0) is 31.0 Å². The summed E-state index contributed by atoms with van der Waals surface area (Å²) in [6, 6.07) is 5.87. The van der Waals surface area contributed by atoms with Crippen LogP contribution >= 0.6 is 0 Å². The Morgan fingerprint density at radius 1 is 1.39 bits per heavy atom. The van der Waals surface area contributed by atoms with Crippen molar-refractivity contribution in [3.05, 3.63) is 30.0 Å². The zero-order valence-corrected chi connectivity index (χ0v) is 10.7. The first-order valence-electron chi connectivity index (χ1n) is 6.04. The first-order chi connectivity index (χ1) is 8.74. The maximum atomic E-state index is 11.3. The van der Waals surface area contributed by atoms with E-state index in [2.05, 4.69) is 4.98 Å². The second-order valence-corrected chi connectivity index (χ2v) is 4.03. The average molecular weight is 247 g/mol. The van der Waals surface area contributed by atoms with Gasteiger partial charge >= 0.3 is 5.97 Å². The molecule has 0 radical (unpaired) electrons. The van der Waals surface area contributed by atoms with Crippen LogP contribution in [0.2, 0.25) is 0 Å². The quantitative estimate of drug-likeness (QED) is 0.826. The maximum absolute atomic E-state index is 11.3. The highest BCUT2D eigenvalue weighted by molar-refractivity contribution is 5.85. The third-order valence-corrected chi connectivity index (χ3v) is 2.88. The fourth-order valence-corrected chi connectivity index (χ4v) is 1.97. The van der Waals surface area contributed by atoms with Crippen molar-refractivity contribution in [1.82, 2.24) is 4.98 Å². The van der Waals surface area contributed by atoms with Crippen LogP contribution in [0, 0.1) is 0 Å². The molecule has 0 saturated carbocycles. The van der Waals surface area contributed by atoms with E-state index in [0.717, 1.165) is 22.2 Å². The smallest absolute Gasteiger partial charge is 0.306 e. The van der Waals surface area contributed by atoms with Crippen molar-refractivity contribution in [2.24, 2.45) is 0 Å². The van der Waals surface area contributed by atoms with Crippen LogP contribution in [-0.2, 0) is 16.0 Å². The summed E-state index contributed by atoms with van der Waals surface area (Å²) in [5, 5.41) is 1.13. The van der Waals surface area contributed by atoms with Gasteiger partial charge in [-0.2, -0.15) is 0 Å². The number of aryl methyl sites for hydroxylation is 1. The van der Waals surface area contributed by atoms with E-state index >= 15 is 0 Å². The van der Waals surface area contributed by atoms with Gasteiger partial charge in [0.25, 0.3) is 0 Å². The predicted molar refractivity (Wildman–Crippen MR) is 69.8 cm³/mol. The number of rotatable bonds is 5. The molecule has 2 aromatic rings. The third kappa shape index (κ3) is 2.64. The van der Waals surface area contributed by atoms with Gasteiger partial charge in [0.1, 0.15) is 5.75 Å². The molecule has 1 N–H and O–H groups in total. The molecule has 0 bridgehead atoms. The van der Waals surface area contributed by atoms with Crippen LogP contribution in [0.4, 0.5) is 0 Å². The van der Waals surface area contributed by atoms with Gasteiger partial charge in [0.15, 0.2) is 0 Å². The average Bonchev–Trinajstić information content (AvgIpc) is 2.78. The number of hydrogen-bond acceptors (Lipinski definition) is 3. The number of carbonyl (C=O) groups is 1. The predicted octanol–water partition coefficient (Wildman–Crippen LogP) is 2.67. The molecule has 0 atom stereocenters. The SMILES string of the molecule is CCOC(=O)CCc1c[nH]c2cc(OC)ccc12. The van der Waals surface area contributed by atoms with Crippen LogP contribution in [0.25, 0.3) is 10.9 Å². The van der Waals surface area contributed by atoms with Crippen LogP contribution in [0.15, 0.2) is 24.4 Å². The van der Waals surface area contributed by atoms with E-state index in [9.17, 15) is 4.79 Å². The molecule has 0 amide bonds. The van der Waals surface area contributed by atoms with Gasteiger partial charge < -0.3 is 14.5 Å². The first-order valence-corrected chi connectivity index (χ1v) is 6.04. The number of methoxy groups -OCH3 is 1. The van der Waals surface area contributed by atoms with Gasteiger partial charge in [0, 0.05) is 29.6 Å². The molecule has 1 aromatic heterocycles. The van der Waals surface area contributed by atoms with Crippen molar-refractivity contribution in [2.75, 3.05) is 13.7 Å². The Morgan fingerprint density at radius 3 is 2.94 bits per heavy atom. The van der Waals surface area contributed by atoms with Crippen LogP contribution in [-0.4, -0.2) is 24.7 Å². The van der Waals surface area contributed by atoms with Gasteiger partial charge in [0.05, 0.1) is 13.7 Å². The van der Waals surface area contributed by atoms with Gasteiger partial charge in [-0.3, -0.25) is 4.79 Å². The zero-order chi connectivity index (χ0) is 13.0. The minimum Gasteiger partial charge on any atom is -0.497 e. The molecule has 1 aromatic carbocycles. The summed E-state index contributed by atoms with van der Waals surface area (Å²) in [5.74, 6) is 0.668. The Kier molecular flexibility index (Phi) is 3.87. The minimum absolute atomic E-state index is 0.152. The Hall–Kier alpha value is -1.97. The number of ether oxygens (including phenoxy) is 2.